The van der Waals surface area contributed by atoms with Crippen LogP contribution in [0.3, 0.4) is 0 Å². The van der Waals surface area contributed by atoms with Crippen molar-refractivity contribution in [2.75, 3.05) is 5.06 Å². The summed E-state index contributed by atoms with van der Waals surface area (Å²) in [4.78, 5) is 27.7. The minimum absolute atomic E-state index is 0.0204. The van der Waals surface area contributed by atoms with E-state index in [4.69, 9.17) is 9.94 Å². The number of aromatic hydroxyl groups is 2. The number of para-hydroxylation sites is 1. The van der Waals surface area contributed by atoms with Crippen molar-refractivity contribution in [1.29, 1.82) is 0 Å². The van der Waals surface area contributed by atoms with E-state index in [2.05, 4.69) is 0 Å². The van der Waals surface area contributed by atoms with Crippen molar-refractivity contribution in [3.05, 3.63) is 106 Å². The second-order valence-corrected chi connectivity index (χ2v) is 7.58. The number of nitro groups is 1. The van der Waals surface area contributed by atoms with E-state index >= 15 is 0 Å². The van der Waals surface area contributed by atoms with E-state index in [1.165, 1.54) is 41.5 Å². The van der Waals surface area contributed by atoms with Crippen molar-refractivity contribution in [2.24, 2.45) is 0 Å². The molecule has 3 aromatic carbocycles. The molecule has 0 saturated carbocycles. The van der Waals surface area contributed by atoms with Gasteiger partial charge >= 0.3 is 5.97 Å². The lowest BCUT2D eigenvalue weighted by Gasteiger charge is -2.26. The fourth-order valence-corrected chi connectivity index (χ4v) is 4.00. The molecule has 0 radical (unpaired) electrons. The van der Waals surface area contributed by atoms with E-state index in [1.54, 1.807) is 36.4 Å². The standard InChI is InChI=1S/C24H17N3O7/c28-22-19-20(14-6-12-18(13-7-14)27(32)33)26(17-4-2-1-3-5-17)34-21(19)23(29)25(22)16-10-8-15(9-11-16)24(30)31/h1-13,20,28-29H,(H,30,31)/t20-/m0/s1. The number of aromatic carboxylic acids is 1. The number of carboxylic acid groups (broad SMARTS) is 1. The van der Waals surface area contributed by atoms with E-state index in [9.17, 15) is 25.1 Å². The molecule has 0 unspecified atom stereocenters. The molecule has 170 valence electrons. The average Bonchev–Trinajstić information content (AvgIpc) is 3.35. The molecule has 5 rings (SSSR count). The largest absolute Gasteiger partial charge is 0.494 e. The number of carbonyl (C=O) groups is 1. The first-order valence-corrected chi connectivity index (χ1v) is 10.1. The van der Waals surface area contributed by atoms with Crippen molar-refractivity contribution in [3.8, 4) is 23.2 Å². The van der Waals surface area contributed by atoms with Crippen LogP contribution in [-0.2, 0) is 0 Å². The van der Waals surface area contributed by atoms with Gasteiger partial charge in [0.1, 0.15) is 6.04 Å². The summed E-state index contributed by atoms with van der Waals surface area (Å²) < 4.78 is 1.15. The van der Waals surface area contributed by atoms with Crippen LogP contribution in [0.4, 0.5) is 11.4 Å². The number of carboxylic acids is 1. The Morgan fingerprint density at radius 2 is 1.53 bits per heavy atom. The molecular formula is C24H17N3O7. The molecule has 1 aromatic heterocycles. The fraction of sp³-hybridized carbons (Fsp3) is 0.0417. The van der Waals surface area contributed by atoms with Crippen LogP contribution < -0.4 is 9.90 Å². The SMILES string of the molecule is O=C(O)c1ccc(-n2c(O)c3c(c2O)[C@H](c2ccc([N+](=O)[O-])cc2)N(c2ccccc2)O3)cc1. The van der Waals surface area contributed by atoms with Crippen LogP contribution in [0.15, 0.2) is 78.9 Å². The normalized spacial score (nSPS) is 14.5. The van der Waals surface area contributed by atoms with E-state index in [0.717, 1.165) is 4.57 Å². The third-order valence-electron chi connectivity index (χ3n) is 5.61. The monoisotopic (exact) mass is 459 g/mol. The number of rotatable bonds is 5. The van der Waals surface area contributed by atoms with Crippen LogP contribution in [0, 0.1) is 10.1 Å². The zero-order valence-corrected chi connectivity index (χ0v) is 17.4. The Balaban J connectivity index is 1.65. The van der Waals surface area contributed by atoms with Gasteiger partial charge in [-0.05, 0) is 54.1 Å². The highest BCUT2D eigenvalue weighted by molar-refractivity contribution is 5.87. The first-order chi connectivity index (χ1) is 16.4. The van der Waals surface area contributed by atoms with Crippen molar-refractivity contribution < 1.29 is 29.9 Å². The maximum absolute atomic E-state index is 11.2. The van der Waals surface area contributed by atoms with Gasteiger partial charge in [-0.15, -0.1) is 0 Å². The smallest absolute Gasteiger partial charge is 0.335 e. The van der Waals surface area contributed by atoms with Gasteiger partial charge in [-0.3, -0.25) is 10.1 Å². The van der Waals surface area contributed by atoms with Gasteiger partial charge in [0.2, 0.25) is 17.5 Å². The molecule has 2 heterocycles. The topological polar surface area (TPSA) is 138 Å². The van der Waals surface area contributed by atoms with E-state index in [1.807, 2.05) is 6.07 Å². The second kappa shape index (κ2) is 7.85. The van der Waals surface area contributed by atoms with Crippen LogP contribution in [0.5, 0.6) is 17.5 Å². The zero-order valence-electron chi connectivity index (χ0n) is 17.4. The first-order valence-electron chi connectivity index (χ1n) is 10.1. The molecule has 0 spiro atoms. The van der Waals surface area contributed by atoms with E-state index in [0.29, 0.717) is 16.9 Å². The molecule has 10 nitrogen and oxygen atoms in total. The molecule has 3 N–H and O–H groups in total. The van der Waals surface area contributed by atoms with Crippen LogP contribution >= 0.6 is 0 Å². The quantitative estimate of drug-likeness (QED) is 0.295. The Labute approximate surface area is 192 Å². The number of hydrogen-bond acceptors (Lipinski definition) is 7. The molecule has 0 aliphatic carbocycles. The van der Waals surface area contributed by atoms with Gasteiger partial charge in [-0.1, -0.05) is 18.2 Å². The lowest BCUT2D eigenvalue weighted by atomic mass is 9.99. The molecular weight excluding hydrogens is 442 g/mol. The predicted molar refractivity (Wildman–Crippen MR) is 121 cm³/mol. The number of benzene rings is 3. The summed E-state index contributed by atoms with van der Waals surface area (Å²) in [6.07, 6.45) is 0. The zero-order chi connectivity index (χ0) is 24.0. The Kier molecular flexibility index (Phi) is 4.82. The maximum Gasteiger partial charge on any atom is 0.335 e. The van der Waals surface area contributed by atoms with Gasteiger partial charge in [-0.25, -0.2) is 9.36 Å². The summed E-state index contributed by atoms with van der Waals surface area (Å²) in [6, 6.07) is 19.7. The molecule has 1 aliphatic heterocycles. The Morgan fingerprint density at radius 1 is 0.882 bits per heavy atom. The van der Waals surface area contributed by atoms with Crippen molar-refractivity contribution in [3.63, 3.8) is 0 Å². The lowest BCUT2D eigenvalue weighted by molar-refractivity contribution is -0.384. The summed E-state index contributed by atoms with van der Waals surface area (Å²) in [7, 11) is 0. The Morgan fingerprint density at radius 3 is 2.12 bits per heavy atom. The summed E-state index contributed by atoms with van der Waals surface area (Å²) in [5.74, 6) is -1.76. The molecule has 0 fully saturated rings. The van der Waals surface area contributed by atoms with Gasteiger partial charge in [0.05, 0.1) is 27.4 Å². The molecule has 4 aromatic rings. The number of nitrogens with zero attached hydrogens (tertiary/aromatic N) is 3. The summed E-state index contributed by atoms with van der Waals surface area (Å²) in [5, 5.41) is 43.9. The van der Waals surface area contributed by atoms with Crippen molar-refractivity contribution in [2.45, 2.75) is 6.04 Å². The number of aromatic nitrogens is 1. The van der Waals surface area contributed by atoms with Crippen LogP contribution in [0.2, 0.25) is 0 Å². The van der Waals surface area contributed by atoms with Gasteiger partial charge in [0.15, 0.2) is 0 Å². The fourth-order valence-electron chi connectivity index (χ4n) is 4.00. The summed E-state index contributed by atoms with van der Waals surface area (Å²) in [5.41, 5.74) is 1.78. The average molecular weight is 459 g/mol. The van der Waals surface area contributed by atoms with Gasteiger partial charge in [0, 0.05) is 12.1 Å². The summed E-state index contributed by atoms with van der Waals surface area (Å²) in [6.45, 7) is 0. The van der Waals surface area contributed by atoms with E-state index in [-0.39, 0.29) is 34.3 Å². The predicted octanol–water partition coefficient (Wildman–Crippen LogP) is 4.40. The Hall–Kier alpha value is -4.99. The highest BCUT2D eigenvalue weighted by atomic mass is 16.7. The number of nitro benzene ring substituents is 1. The number of fused-ring (bicyclic) bond motifs is 1. The summed E-state index contributed by atoms with van der Waals surface area (Å²) >= 11 is 0. The van der Waals surface area contributed by atoms with Crippen LogP contribution in [0.25, 0.3) is 5.69 Å². The minimum Gasteiger partial charge on any atom is -0.494 e. The van der Waals surface area contributed by atoms with Gasteiger partial charge in [0.25, 0.3) is 5.69 Å². The Bertz CT molecular complexity index is 1400. The number of hydrogen-bond donors (Lipinski definition) is 3. The molecule has 10 heteroatoms. The molecule has 0 bridgehead atoms. The number of anilines is 1. The molecule has 0 saturated heterocycles. The lowest BCUT2D eigenvalue weighted by Crippen LogP contribution is -2.27. The molecule has 1 atom stereocenters. The van der Waals surface area contributed by atoms with Gasteiger partial charge < -0.3 is 20.2 Å². The maximum atomic E-state index is 11.2. The van der Waals surface area contributed by atoms with Crippen LogP contribution in [-0.4, -0.2) is 30.8 Å². The second-order valence-electron chi connectivity index (χ2n) is 7.58. The molecule has 1 aliphatic rings. The minimum atomic E-state index is -1.10. The van der Waals surface area contributed by atoms with Crippen molar-refractivity contribution in [1.82, 2.24) is 4.57 Å². The number of non-ortho nitro benzene ring substituents is 1. The number of hydroxylamine groups is 1. The highest BCUT2D eigenvalue weighted by Gasteiger charge is 2.43. The highest BCUT2D eigenvalue weighted by Crippen LogP contribution is 2.54. The van der Waals surface area contributed by atoms with E-state index < -0.39 is 16.9 Å². The third kappa shape index (κ3) is 3.25. The molecule has 0 amide bonds. The van der Waals surface area contributed by atoms with Crippen LogP contribution in [0.1, 0.15) is 27.5 Å². The third-order valence-corrected chi connectivity index (χ3v) is 5.61. The van der Waals surface area contributed by atoms with Gasteiger partial charge in [-0.2, -0.15) is 5.06 Å². The van der Waals surface area contributed by atoms with Crippen molar-refractivity contribution >= 4 is 17.3 Å². The molecule has 34 heavy (non-hydrogen) atoms. The first kappa shape index (κ1) is 20.9.